The molecular formula is C52H72N4O4S4. The van der Waals surface area contributed by atoms with Gasteiger partial charge in [-0.05, 0) is 49.4 Å². The largest absolute Gasteiger partial charge is 0.491 e. The van der Waals surface area contributed by atoms with Crippen LogP contribution >= 0.6 is 45.3 Å². The molecule has 4 aromatic heterocycles. The molecule has 8 nitrogen and oxygen atoms in total. The van der Waals surface area contributed by atoms with Crippen molar-refractivity contribution < 1.29 is 18.9 Å². The molecule has 0 aliphatic heterocycles. The summed E-state index contributed by atoms with van der Waals surface area (Å²) >= 11 is 5.88. The topological polar surface area (TPSA) is 132 Å². The van der Waals surface area contributed by atoms with E-state index in [2.05, 4.69) is 79.7 Å². The van der Waals surface area contributed by atoms with Crippen molar-refractivity contribution in [1.82, 2.24) is 0 Å². The van der Waals surface area contributed by atoms with E-state index >= 15 is 0 Å². The van der Waals surface area contributed by atoms with Crippen LogP contribution in [0.1, 0.15) is 180 Å². The van der Waals surface area contributed by atoms with Crippen LogP contribution in [0.5, 0.6) is 23.0 Å². The third-order valence-electron chi connectivity index (χ3n) is 12.0. The minimum absolute atomic E-state index is 0.500. The second kappa shape index (κ2) is 31.0. The highest BCUT2D eigenvalue weighted by atomic mass is 32.1. The molecule has 4 aromatic rings. The lowest BCUT2D eigenvalue weighted by Gasteiger charge is -2.15. The average molecular weight is 945 g/mol. The molecular weight excluding hydrogens is 873 g/mol. The first-order valence-electron chi connectivity index (χ1n) is 23.8. The number of nitriles is 4. The zero-order valence-electron chi connectivity index (χ0n) is 39.8. The normalized spacial score (nSPS) is 12.7. The van der Waals surface area contributed by atoms with E-state index in [0.717, 1.165) is 70.9 Å². The molecule has 0 aliphatic rings. The smallest absolute Gasteiger partial charge is 0.148 e. The van der Waals surface area contributed by atoms with Crippen LogP contribution in [-0.2, 0) is 0 Å². The molecule has 0 aliphatic carbocycles. The summed E-state index contributed by atoms with van der Waals surface area (Å²) in [4.78, 5) is 3.22. The summed E-state index contributed by atoms with van der Waals surface area (Å²) < 4.78 is 24.3. The van der Waals surface area contributed by atoms with Crippen molar-refractivity contribution in [3.05, 3.63) is 43.8 Å². The molecule has 0 unspecified atom stereocenters. The van der Waals surface area contributed by atoms with Gasteiger partial charge in [-0.15, -0.1) is 45.3 Å². The van der Waals surface area contributed by atoms with E-state index in [0.29, 0.717) is 95.4 Å². The maximum atomic E-state index is 9.84. The summed E-state index contributed by atoms with van der Waals surface area (Å²) in [5.74, 6) is 4.53. The highest BCUT2D eigenvalue weighted by Gasteiger charge is 2.25. The molecule has 0 spiro atoms. The zero-order valence-corrected chi connectivity index (χ0v) is 43.1. The van der Waals surface area contributed by atoms with Crippen LogP contribution < -0.4 is 18.9 Å². The van der Waals surface area contributed by atoms with E-state index < -0.39 is 0 Å². The van der Waals surface area contributed by atoms with Gasteiger partial charge in [0.15, 0.2) is 0 Å². The maximum Gasteiger partial charge on any atom is 0.148 e. The summed E-state index contributed by atoms with van der Waals surface area (Å²) in [5.41, 5.74) is 2.11. The molecule has 0 bridgehead atoms. The molecule has 0 fully saturated rings. The van der Waals surface area contributed by atoms with Gasteiger partial charge in [0.05, 0.1) is 45.9 Å². The van der Waals surface area contributed by atoms with Crippen LogP contribution in [0.25, 0.3) is 19.5 Å². The van der Waals surface area contributed by atoms with E-state index in [4.69, 9.17) is 18.9 Å². The highest BCUT2D eigenvalue weighted by molar-refractivity contribution is 7.21. The first kappa shape index (κ1) is 54.3. The van der Waals surface area contributed by atoms with Gasteiger partial charge in [0, 0.05) is 21.5 Å². The molecule has 4 heterocycles. The Hall–Kier alpha value is -4.04. The lowest BCUT2D eigenvalue weighted by Crippen LogP contribution is -2.11. The number of nitrogens with zero attached hydrogens (tertiary/aromatic N) is 4. The molecule has 64 heavy (non-hydrogen) atoms. The van der Waals surface area contributed by atoms with Crippen molar-refractivity contribution >= 4 is 45.3 Å². The van der Waals surface area contributed by atoms with Gasteiger partial charge >= 0.3 is 0 Å². The van der Waals surface area contributed by atoms with E-state index in [1.165, 1.54) is 96.7 Å². The second-order valence-electron chi connectivity index (χ2n) is 16.6. The molecule has 0 radical (unpaired) electrons. The average Bonchev–Trinajstić information content (AvgIpc) is 4.13. The van der Waals surface area contributed by atoms with E-state index in [9.17, 15) is 21.0 Å². The van der Waals surface area contributed by atoms with Crippen LogP contribution in [0, 0.1) is 69.0 Å². The van der Waals surface area contributed by atoms with Crippen LogP contribution in [0.3, 0.4) is 0 Å². The lowest BCUT2D eigenvalue weighted by atomic mass is 10.0. The zero-order chi connectivity index (χ0) is 46.7. The molecule has 0 saturated heterocycles. The quantitative estimate of drug-likeness (QED) is 0.0505. The monoisotopic (exact) mass is 944 g/mol. The summed E-state index contributed by atoms with van der Waals surface area (Å²) in [7, 11) is 0. The molecule has 348 valence electrons. The number of unbranched alkanes of at least 4 members (excludes halogenated alkanes) is 4. The number of rotatable bonds is 30. The first-order valence-corrected chi connectivity index (χ1v) is 27.4. The van der Waals surface area contributed by atoms with Crippen molar-refractivity contribution in [3.63, 3.8) is 0 Å². The van der Waals surface area contributed by atoms with Crippen molar-refractivity contribution in [2.45, 2.75) is 158 Å². The Labute approximate surface area is 401 Å². The number of ether oxygens (including phenoxy) is 4. The van der Waals surface area contributed by atoms with Gasteiger partial charge in [0.1, 0.15) is 69.5 Å². The Morgan fingerprint density at radius 2 is 0.578 bits per heavy atom. The molecule has 4 atom stereocenters. The Kier molecular flexibility index (Phi) is 26.3. The minimum atomic E-state index is 0.500. The van der Waals surface area contributed by atoms with E-state index in [-0.39, 0.29) is 0 Å². The summed E-state index contributed by atoms with van der Waals surface area (Å²) in [6.07, 6.45) is 18.4. The maximum absolute atomic E-state index is 9.84. The predicted molar refractivity (Wildman–Crippen MR) is 269 cm³/mol. The van der Waals surface area contributed by atoms with Gasteiger partial charge in [-0.1, -0.05) is 132 Å². The predicted octanol–water partition coefficient (Wildman–Crippen LogP) is 16.8. The van der Waals surface area contributed by atoms with Crippen LogP contribution in [0.2, 0.25) is 0 Å². The number of thiophene rings is 4. The molecule has 12 heteroatoms. The van der Waals surface area contributed by atoms with Crippen LogP contribution in [0.4, 0.5) is 0 Å². The fourth-order valence-electron chi connectivity index (χ4n) is 7.31. The fourth-order valence-corrected chi connectivity index (χ4v) is 11.4. The van der Waals surface area contributed by atoms with Crippen molar-refractivity contribution in [2.24, 2.45) is 23.7 Å². The molecule has 0 saturated carbocycles. The first-order chi connectivity index (χ1) is 31.2. The minimum Gasteiger partial charge on any atom is -0.491 e. The summed E-state index contributed by atoms with van der Waals surface area (Å²) in [5, 5.41) is 47.0. The van der Waals surface area contributed by atoms with Gasteiger partial charge in [-0.2, -0.15) is 21.0 Å². The van der Waals surface area contributed by atoms with Crippen molar-refractivity contribution in [3.8, 4) is 66.8 Å². The van der Waals surface area contributed by atoms with Crippen LogP contribution in [-0.4, -0.2) is 26.4 Å². The third kappa shape index (κ3) is 16.1. The Morgan fingerprint density at radius 3 is 0.734 bits per heavy atom. The SMILES string of the molecule is CCCC[C@@H](CC)COc1csc(-c2scc(OC[C@@H](CC)CCCC)c2C#N)c1C#N.CCCC[C@@H](CC)COc1csc(-c2scc(OC[C@@H](CC)CCCC)c2C#N)c1C#N. The molecule has 4 rings (SSSR count). The Bertz CT molecular complexity index is 1810. The van der Waals surface area contributed by atoms with Gasteiger partial charge < -0.3 is 18.9 Å². The molecule has 0 N–H and O–H groups in total. The molecule has 0 aromatic carbocycles. The standard InChI is InChI=1S/2C26H36N2O2S2/c2*1-5-9-11-19(7-3)15-29-23-17-31-25(21(23)13-27)26-22(14-28)24(18-32-26)30-16-20(8-4)12-10-6-2/h2*17-20H,5-12,15-16H2,1-4H3/t2*19-,20+. The van der Waals surface area contributed by atoms with Gasteiger partial charge in [0.2, 0.25) is 0 Å². The van der Waals surface area contributed by atoms with Crippen LogP contribution in [0.15, 0.2) is 21.5 Å². The lowest BCUT2D eigenvalue weighted by molar-refractivity contribution is 0.233. The molecule has 0 amide bonds. The van der Waals surface area contributed by atoms with E-state index in [1.807, 2.05) is 21.5 Å². The number of hydrogen-bond acceptors (Lipinski definition) is 12. The third-order valence-corrected chi connectivity index (χ3v) is 16.1. The van der Waals surface area contributed by atoms with Gasteiger partial charge in [-0.25, -0.2) is 0 Å². The van der Waals surface area contributed by atoms with Crippen molar-refractivity contribution in [1.29, 1.82) is 21.0 Å². The summed E-state index contributed by atoms with van der Waals surface area (Å²) in [6, 6.07) is 9.25. The Balaban J connectivity index is 0.000000340. The highest BCUT2D eigenvalue weighted by Crippen LogP contribution is 2.46. The summed E-state index contributed by atoms with van der Waals surface area (Å²) in [6.45, 7) is 20.1. The van der Waals surface area contributed by atoms with Crippen molar-refractivity contribution in [2.75, 3.05) is 26.4 Å². The Morgan fingerprint density at radius 1 is 0.375 bits per heavy atom. The number of hydrogen-bond donors (Lipinski definition) is 0. The second-order valence-corrected chi connectivity index (χ2v) is 20.1. The van der Waals surface area contributed by atoms with E-state index in [1.54, 1.807) is 0 Å². The fraction of sp³-hybridized carbons (Fsp3) is 0.615. The van der Waals surface area contributed by atoms with Gasteiger partial charge in [0.25, 0.3) is 0 Å². The van der Waals surface area contributed by atoms with Gasteiger partial charge in [-0.3, -0.25) is 0 Å².